The van der Waals surface area contributed by atoms with Gasteiger partial charge in [0.1, 0.15) is 11.5 Å². The first-order chi connectivity index (χ1) is 8.97. The molecule has 19 heavy (non-hydrogen) atoms. The van der Waals surface area contributed by atoms with E-state index in [1.165, 1.54) is 18.2 Å². The average molecular weight is 343 g/mol. The van der Waals surface area contributed by atoms with Crippen LogP contribution in [0, 0.1) is 0 Å². The number of amides is 1. The smallest absolute Gasteiger partial charge is 0.259 e. The molecule has 0 aliphatic rings. The van der Waals surface area contributed by atoms with Crippen LogP contribution in [0.4, 0.5) is 5.69 Å². The quantitative estimate of drug-likeness (QED) is 0.728. The molecule has 0 fully saturated rings. The van der Waals surface area contributed by atoms with Crippen LogP contribution in [0.25, 0.3) is 0 Å². The molecule has 2 aromatic carbocycles. The lowest BCUT2D eigenvalue weighted by atomic mass is 10.1. The summed E-state index contributed by atoms with van der Waals surface area (Å²) in [4.78, 5) is 12.0. The van der Waals surface area contributed by atoms with E-state index < -0.39 is 5.91 Å². The molecule has 0 aliphatic carbocycles. The number of aromatic hydroxyl groups is 2. The summed E-state index contributed by atoms with van der Waals surface area (Å²) in [5.41, 5.74) is 0.386. The molecule has 1 amide bonds. The van der Waals surface area contributed by atoms with E-state index in [0.29, 0.717) is 10.7 Å². The van der Waals surface area contributed by atoms with Crippen LogP contribution in [0.2, 0.25) is 5.02 Å². The van der Waals surface area contributed by atoms with E-state index in [4.69, 9.17) is 11.6 Å². The van der Waals surface area contributed by atoms with Gasteiger partial charge in [0.15, 0.2) is 0 Å². The monoisotopic (exact) mass is 341 g/mol. The minimum Gasteiger partial charge on any atom is -0.508 e. The van der Waals surface area contributed by atoms with Crippen molar-refractivity contribution in [3.63, 3.8) is 0 Å². The Labute approximate surface area is 122 Å². The van der Waals surface area contributed by atoms with E-state index in [1.54, 1.807) is 18.2 Å². The van der Waals surface area contributed by atoms with Gasteiger partial charge in [-0.25, -0.2) is 0 Å². The predicted octanol–water partition coefficient (Wildman–Crippen LogP) is 3.77. The summed E-state index contributed by atoms with van der Waals surface area (Å²) >= 11 is 9.23. The first-order valence-corrected chi connectivity index (χ1v) is 6.43. The molecule has 0 saturated carbocycles. The van der Waals surface area contributed by atoms with Gasteiger partial charge in [0, 0.05) is 4.47 Å². The lowest BCUT2D eigenvalue weighted by molar-refractivity contribution is 0.102. The fraction of sp³-hybridized carbons (Fsp3) is 0. The van der Waals surface area contributed by atoms with Crippen LogP contribution in [0.3, 0.4) is 0 Å². The molecule has 0 unspecified atom stereocenters. The highest BCUT2D eigenvalue weighted by atomic mass is 79.9. The lowest BCUT2D eigenvalue weighted by Gasteiger charge is -2.09. The van der Waals surface area contributed by atoms with Gasteiger partial charge < -0.3 is 15.5 Å². The number of benzene rings is 2. The van der Waals surface area contributed by atoms with Crippen molar-refractivity contribution in [3.05, 3.63) is 51.5 Å². The summed E-state index contributed by atoms with van der Waals surface area (Å²) in [7, 11) is 0. The minimum absolute atomic E-state index is 0.0287. The maximum atomic E-state index is 12.0. The predicted molar refractivity (Wildman–Crippen MR) is 76.9 cm³/mol. The molecular formula is C13H9BrClNO3. The van der Waals surface area contributed by atoms with E-state index >= 15 is 0 Å². The zero-order valence-corrected chi connectivity index (χ0v) is 11.9. The molecule has 4 nitrogen and oxygen atoms in total. The largest absolute Gasteiger partial charge is 0.508 e. The van der Waals surface area contributed by atoms with Crippen LogP contribution in [0.15, 0.2) is 40.9 Å². The second-order valence-electron chi connectivity index (χ2n) is 3.78. The van der Waals surface area contributed by atoms with Crippen molar-refractivity contribution < 1.29 is 15.0 Å². The molecule has 2 aromatic rings. The van der Waals surface area contributed by atoms with Crippen LogP contribution < -0.4 is 5.32 Å². The first kappa shape index (κ1) is 13.7. The molecule has 0 spiro atoms. The van der Waals surface area contributed by atoms with Crippen molar-refractivity contribution in [2.24, 2.45) is 0 Å². The van der Waals surface area contributed by atoms with Gasteiger partial charge in [-0.1, -0.05) is 27.5 Å². The first-order valence-electron chi connectivity index (χ1n) is 5.26. The summed E-state index contributed by atoms with van der Waals surface area (Å²) in [6.07, 6.45) is 0. The molecular weight excluding hydrogens is 334 g/mol. The zero-order valence-electron chi connectivity index (χ0n) is 9.52. The van der Waals surface area contributed by atoms with Crippen molar-refractivity contribution in [3.8, 4) is 11.5 Å². The maximum Gasteiger partial charge on any atom is 0.259 e. The number of carbonyl (C=O) groups excluding carboxylic acids is 1. The molecule has 3 N–H and O–H groups in total. The number of phenolic OH excluding ortho intramolecular Hbond substituents is 2. The Bertz CT molecular complexity index is 646. The molecule has 2 rings (SSSR count). The van der Waals surface area contributed by atoms with Gasteiger partial charge >= 0.3 is 0 Å². The van der Waals surface area contributed by atoms with Crippen LogP contribution >= 0.6 is 27.5 Å². The highest BCUT2D eigenvalue weighted by molar-refractivity contribution is 9.10. The van der Waals surface area contributed by atoms with Crippen molar-refractivity contribution in [1.29, 1.82) is 0 Å². The highest BCUT2D eigenvalue weighted by Gasteiger charge is 2.13. The highest BCUT2D eigenvalue weighted by Crippen LogP contribution is 2.28. The van der Waals surface area contributed by atoms with E-state index in [2.05, 4.69) is 21.2 Å². The Hall–Kier alpha value is -1.72. The van der Waals surface area contributed by atoms with Gasteiger partial charge in [0.25, 0.3) is 5.91 Å². The van der Waals surface area contributed by atoms with Gasteiger partial charge in [0.2, 0.25) is 0 Å². The number of nitrogens with one attached hydrogen (secondary N) is 1. The van der Waals surface area contributed by atoms with Gasteiger partial charge in [-0.3, -0.25) is 4.79 Å². The van der Waals surface area contributed by atoms with Gasteiger partial charge in [-0.15, -0.1) is 0 Å². The topological polar surface area (TPSA) is 69.6 Å². The fourth-order valence-corrected chi connectivity index (χ4v) is 2.21. The number of phenols is 2. The lowest BCUT2D eigenvalue weighted by Crippen LogP contribution is -2.12. The zero-order chi connectivity index (χ0) is 14.0. The minimum atomic E-state index is -0.558. The summed E-state index contributed by atoms with van der Waals surface area (Å²) < 4.78 is 0.788. The molecule has 0 aliphatic heterocycles. The molecule has 0 radical (unpaired) electrons. The average Bonchev–Trinajstić information content (AvgIpc) is 2.35. The van der Waals surface area contributed by atoms with Crippen LogP contribution in [-0.2, 0) is 0 Å². The van der Waals surface area contributed by atoms with Gasteiger partial charge in [-0.05, 0) is 36.4 Å². The second kappa shape index (κ2) is 5.50. The molecule has 6 heteroatoms. The Morgan fingerprint density at radius 1 is 1.16 bits per heavy atom. The number of carbonyl (C=O) groups is 1. The van der Waals surface area contributed by atoms with Crippen LogP contribution in [0.1, 0.15) is 10.4 Å². The molecule has 98 valence electrons. The van der Waals surface area contributed by atoms with E-state index in [1.807, 2.05) is 0 Å². The number of rotatable bonds is 2. The normalized spacial score (nSPS) is 10.2. The van der Waals surface area contributed by atoms with Crippen LogP contribution in [0.5, 0.6) is 11.5 Å². The van der Waals surface area contributed by atoms with E-state index in [9.17, 15) is 15.0 Å². The molecule has 0 heterocycles. The summed E-state index contributed by atoms with van der Waals surface area (Å²) in [6.45, 7) is 0. The third kappa shape index (κ3) is 3.19. The van der Waals surface area contributed by atoms with Crippen molar-refractivity contribution in [2.45, 2.75) is 0 Å². The van der Waals surface area contributed by atoms with Crippen LogP contribution in [-0.4, -0.2) is 16.1 Å². The number of halogens is 2. The summed E-state index contributed by atoms with van der Waals surface area (Å²) in [6, 6.07) is 8.71. The molecule has 0 aromatic heterocycles. The molecule has 0 bridgehead atoms. The van der Waals surface area contributed by atoms with Crippen molar-refractivity contribution in [2.75, 3.05) is 5.32 Å². The second-order valence-corrected chi connectivity index (χ2v) is 5.10. The van der Waals surface area contributed by atoms with Gasteiger partial charge in [0.05, 0.1) is 16.3 Å². The van der Waals surface area contributed by atoms with Crippen molar-refractivity contribution >= 4 is 39.1 Å². The number of anilines is 1. The number of hydrogen-bond acceptors (Lipinski definition) is 3. The Morgan fingerprint density at radius 3 is 2.58 bits per heavy atom. The Balaban J connectivity index is 2.28. The third-order valence-electron chi connectivity index (χ3n) is 2.40. The summed E-state index contributed by atoms with van der Waals surface area (Å²) in [5, 5.41) is 21.8. The Morgan fingerprint density at radius 2 is 1.89 bits per heavy atom. The standard InChI is InChI=1S/C13H9BrClNO3/c14-7-1-3-11(10(15)5-7)16-13(19)9-6-8(17)2-4-12(9)18/h1-6,17-18H,(H,16,19). The summed E-state index contributed by atoms with van der Waals surface area (Å²) in [5.74, 6) is -0.883. The molecule has 0 saturated heterocycles. The SMILES string of the molecule is O=C(Nc1ccc(Br)cc1Cl)c1cc(O)ccc1O. The van der Waals surface area contributed by atoms with Gasteiger partial charge in [-0.2, -0.15) is 0 Å². The van der Waals surface area contributed by atoms with Crippen molar-refractivity contribution in [1.82, 2.24) is 0 Å². The van der Waals surface area contributed by atoms with E-state index in [0.717, 1.165) is 4.47 Å². The fourth-order valence-electron chi connectivity index (χ4n) is 1.49. The van der Waals surface area contributed by atoms with E-state index in [-0.39, 0.29) is 17.1 Å². The Kier molecular flexibility index (Phi) is 3.97. The number of hydrogen-bond donors (Lipinski definition) is 3. The third-order valence-corrected chi connectivity index (χ3v) is 3.21. The molecule has 0 atom stereocenters. The maximum absolute atomic E-state index is 12.0.